The van der Waals surface area contributed by atoms with E-state index in [4.69, 9.17) is 16.5 Å². The number of anilines is 1. The highest BCUT2D eigenvalue weighted by atomic mass is 31.2. The van der Waals surface area contributed by atoms with Gasteiger partial charge in [0.25, 0.3) is 0 Å². The van der Waals surface area contributed by atoms with E-state index < -0.39 is 26.3 Å². The van der Waals surface area contributed by atoms with E-state index in [0.29, 0.717) is 29.0 Å². The summed E-state index contributed by atoms with van der Waals surface area (Å²) in [4.78, 5) is 40.0. The van der Waals surface area contributed by atoms with Gasteiger partial charge in [0.05, 0.1) is 26.9 Å². The molecule has 1 aliphatic rings. The number of hydrogen-bond donors (Lipinski definition) is 4. The van der Waals surface area contributed by atoms with Crippen molar-refractivity contribution in [2.24, 2.45) is 5.92 Å². The Hall–Kier alpha value is -3.15. The molecule has 5 N–H and O–H groups in total. The molecule has 12 nitrogen and oxygen atoms in total. The van der Waals surface area contributed by atoms with Gasteiger partial charge in [-0.05, 0) is 18.9 Å². The SMILES string of the molecule is [2H]C(ON[C@@H](C)C(=O)NP(=O)(O)OCC1C=CC(n2cnc3c(N)ncnc32)C1)c1ccccc1. The molecule has 0 saturated heterocycles. The Morgan fingerprint density at radius 3 is 2.94 bits per heavy atom. The van der Waals surface area contributed by atoms with Crippen LogP contribution in [0.4, 0.5) is 5.82 Å². The van der Waals surface area contributed by atoms with Crippen molar-refractivity contribution in [2.45, 2.75) is 32.0 Å². The molecule has 0 aliphatic heterocycles. The number of rotatable bonds is 10. The van der Waals surface area contributed by atoms with Gasteiger partial charge in [0.15, 0.2) is 11.5 Å². The van der Waals surface area contributed by atoms with Crippen molar-refractivity contribution in [3.05, 3.63) is 60.7 Å². The van der Waals surface area contributed by atoms with Crippen LogP contribution in [0.15, 0.2) is 55.1 Å². The van der Waals surface area contributed by atoms with Gasteiger partial charge in [-0.25, -0.2) is 19.5 Å². The number of imidazole rings is 1. The maximum Gasteiger partial charge on any atom is 0.432 e. The molecule has 1 aromatic carbocycles. The van der Waals surface area contributed by atoms with E-state index >= 15 is 0 Å². The molecule has 2 aromatic heterocycles. The normalized spacial score (nSPS) is 21.6. The van der Waals surface area contributed by atoms with Gasteiger partial charge in [0, 0.05) is 5.92 Å². The van der Waals surface area contributed by atoms with Crippen molar-refractivity contribution in [3.8, 4) is 0 Å². The molecule has 180 valence electrons. The summed E-state index contributed by atoms with van der Waals surface area (Å²) in [6.07, 6.45) is 7.38. The minimum Gasteiger partial charge on any atom is -0.382 e. The summed E-state index contributed by atoms with van der Waals surface area (Å²) >= 11 is 0. The highest BCUT2D eigenvalue weighted by molar-refractivity contribution is 7.51. The molecule has 2 heterocycles. The van der Waals surface area contributed by atoms with Crippen LogP contribution in [0, 0.1) is 5.92 Å². The third kappa shape index (κ3) is 5.85. The van der Waals surface area contributed by atoms with E-state index in [1.165, 1.54) is 13.3 Å². The van der Waals surface area contributed by atoms with Crippen molar-refractivity contribution in [1.82, 2.24) is 30.1 Å². The molecule has 13 heteroatoms. The third-order valence-electron chi connectivity index (χ3n) is 5.24. The van der Waals surface area contributed by atoms with Gasteiger partial charge < -0.3 is 15.2 Å². The Kier molecular flexibility index (Phi) is 6.93. The first kappa shape index (κ1) is 22.6. The number of fused-ring (bicyclic) bond motifs is 1. The predicted octanol–water partition coefficient (Wildman–Crippen LogP) is 1.87. The summed E-state index contributed by atoms with van der Waals surface area (Å²) in [6.45, 7) is 0.288. The number of nitrogens with zero attached hydrogens (tertiary/aromatic N) is 4. The first-order valence-electron chi connectivity index (χ1n) is 11.1. The number of hydroxylamine groups is 1. The summed E-state index contributed by atoms with van der Waals surface area (Å²) in [5.41, 5.74) is 9.94. The molecule has 1 amide bonds. The molecule has 0 radical (unpaired) electrons. The Morgan fingerprint density at radius 2 is 2.15 bits per heavy atom. The Bertz CT molecular complexity index is 1260. The van der Waals surface area contributed by atoms with Crippen LogP contribution in [0.5, 0.6) is 0 Å². The fourth-order valence-corrected chi connectivity index (χ4v) is 4.38. The summed E-state index contributed by atoms with van der Waals surface area (Å²) < 4.78 is 27.3. The lowest BCUT2D eigenvalue weighted by Gasteiger charge is -2.19. The molecule has 4 unspecified atom stereocenters. The van der Waals surface area contributed by atoms with Gasteiger partial charge >= 0.3 is 7.75 Å². The quantitative estimate of drug-likeness (QED) is 0.188. The molecule has 5 atom stereocenters. The minimum atomic E-state index is -4.42. The second kappa shape index (κ2) is 10.4. The van der Waals surface area contributed by atoms with Crippen molar-refractivity contribution >= 4 is 30.6 Å². The zero-order chi connectivity index (χ0) is 25.0. The molecule has 4 rings (SSSR count). The average Bonchev–Trinajstić information content (AvgIpc) is 3.49. The molecular weight excluding hydrogens is 461 g/mol. The third-order valence-corrected chi connectivity index (χ3v) is 6.24. The molecule has 0 spiro atoms. The van der Waals surface area contributed by atoms with Crippen LogP contribution >= 0.6 is 7.75 Å². The summed E-state index contributed by atoms with van der Waals surface area (Å²) in [7, 11) is -4.42. The van der Waals surface area contributed by atoms with Gasteiger partial charge in [-0.3, -0.25) is 19.2 Å². The van der Waals surface area contributed by atoms with E-state index in [2.05, 4.69) is 20.4 Å². The van der Waals surface area contributed by atoms with Crippen LogP contribution < -0.4 is 16.3 Å². The molecule has 0 saturated carbocycles. The van der Waals surface area contributed by atoms with Crippen LogP contribution in [0.25, 0.3) is 11.2 Å². The zero-order valence-corrected chi connectivity index (χ0v) is 19.2. The molecular formula is C21H26N7O5P. The fourth-order valence-electron chi connectivity index (χ4n) is 3.45. The predicted molar refractivity (Wildman–Crippen MR) is 124 cm³/mol. The van der Waals surface area contributed by atoms with Crippen molar-refractivity contribution < 1.29 is 25.0 Å². The summed E-state index contributed by atoms with van der Waals surface area (Å²) in [5, 5.41) is 1.99. The first-order valence-corrected chi connectivity index (χ1v) is 12.1. The maximum absolute atomic E-state index is 12.4. The van der Waals surface area contributed by atoms with Crippen LogP contribution in [-0.2, 0) is 25.3 Å². The van der Waals surface area contributed by atoms with Gasteiger partial charge in [-0.1, -0.05) is 42.5 Å². The monoisotopic (exact) mass is 488 g/mol. The number of hydrogen-bond acceptors (Lipinski definition) is 9. The molecule has 1 aliphatic carbocycles. The first-order chi connectivity index (χ1) is 16.7. The number of benzene rings is 1. The van der Waals surface area contributed by atoms with Crippen LogP contribution in [0.3, 0.4) is 0 Å². The van der Waals surface area contributed by atoms with E-state index in [9.17, 15) is 14.3 Å². The highest BCUT2D eigenvalue weighted by Crippen LogP contribution is 2.39. The molecule has 0 fully saturated rings. The number of nitrogens with two attached hydrogens (primary N) is 1. The Labute approximate surface area is 197 Å². The number of nitrogen functional groups attached to an aromatic ring is 1. The number of amides is 1. The summed E-state index contributed by atoms with van der Waals surface area (Å²) in [6, 6.07) is 7.67. The zero-order valence-electron chi connectivity index (χ0n) is 19.3. The smallest absolute Gasteiger partial charge is 0.382 e. The van der Waals surface area contributed by atoms with Gasteiger partial charge in [-0.2, -0.15) is 5.48 Å². The standard InChI is InChI=1S/C21H26N7O5P/c1-14(26-32-10-15-5-3-2-4-6-15)21(29)27-34(30,31)33-11-16-7-8-17(9-16)28-13-25-18-19(22)23-12-24-20(18)28/h2-8,12-14,16-17,26H,9-11H2,1H3,(H2,22,23,24)(H2,27,29,30,31)/t14-,16?,17?/m0/s1/i10D/t10?,14-,16?,17?. The highest BCUT2D eigenvalue weighted by Gasteiger charge is 2.29. The van der Waals surface area contributed by atoms with Crippen molar-refractivity contribution in [3.63, 3.8) is 0 Å². The topological polar surface area (TPSA) is 167 Å². The number of aromatic nitrogens is 4. The molecule has 34 heavy (non-hydrogen) atoms. The van der Waals surface area contributed by atoms with Gasteiger partial charge in [0.2, 0.25) is 5.91 Å². The minimum absolute atomic E-state index is 0.0775. The van der Waals surface area contributed by atoms with Crippen LogP contribution in [-0.4, -0.2) is 43.0 Å². The number of carbonyl (C=O) groups excluding carboxylic acids is 1. The van der Waals surface area contributed by atoms with Crippen LogP contribution in [0.2, 0.25) is 0 Å². The van der Waals surface area contributed by atoms with E-state index in [1.807, 2.05) is 27.9 Å². The lowest BCUT2D eigenvalue weighted by molar-refractivity contribution is -0.125. The van der Waals surface area contributed by atoms with E-state index in [-0.39, 0.29) is 18.6 Å². The van der Waals surface area contributed by atoms with Crippen LogP contribution in [0.1, 0.15) is 26.3 Å². The number of allylic oxidation sites excluding steroid dienone is 1. The Balaban J connectivity index is 1.24. The lowest BCUT2D eigenvalue weighted by atomic mass is 10.1. The van der Waals surface area contributed by atoms with Crippen molar-refractivity contribution in [2.75, 3.05) is 12.3 Å². The second-order valence-electron chi connectivity index (χ2n) is 7.81. The van der Waals surface area contributed by atoms with E-state index in [1.54, 1.807) is 30.6 Å². The fraction of sp³-hybridized carbons (Fsp3) is 0.333. The maximum atomic E-state index is 12.4. The van der Waals surface area contributed by atoms with Gasteiger partial charge in [-0.15, -0.1) is 0 Å². The van der Waals surface area contributed by atoms with Gasteiger partial charge in [0.1, 0.15) is 17.9 Å². The Morgan fingerprint density at radius 1 is 1.35 bits per heavy atom. The lowest BCUT2D eigenvalue weighted by Crippen LogP contribution is -2.41. The van der Waals surface area contributed by atoms with E-state index in [0.717, 1.165) is 0 Å². The average molecular weight is 488 g/mol. The number of nitrogens with one attached hydrogen (secondary N) is 2. The second-order valence-corrected chi connectivity index (χ2v) is 9.33. The number of carbonyl (C=O) groups is 1. The largest absolute Gasteiger partial charge is 0.432 e. The molecule has 0 bridgehead atoms. The van der Waals surface area contributed by atoms with Crippen molar-refractivity contribution in [1.29, 1.82) is 0 Å². The summed E-state index contributed by atoms with van der Waals surface area (Å²) in [5.74, 6) is -0.680. The molecule has 3 aromatic rings.